The first kappa shape index (κ1) is 18.3. The van der Waals surface area contributed by atoms with Gasteiger partial charge in [0.25, 0.3) is 5.91 Å². The normalized spacial score (nSPS) is 24.8. The predicted octanol–water partition coefficient (Wildman–Crippen LogP) is 1.42. The van der Waals surface area contributed by atoms with Crippen LogP contribution < -0.4 is 5.73 Å². The standard InChI is InChI=1S/C17H24FN3O3S/c1-17(11-19)6-9-21(12-17)25(23,24)13-4-5-14(15(18)10-13)16(22)20-7-2-3-8-20/h4-5,10H,2-3,6-9,11-12,19H2,1H3. The van der Waals surface area contributed by atoms with Crippen LogP contribution in [0.4, 0.5) is 4.39 Å². The average molecular weight is 369 g/mol. The molecular weight excluding hydrogens is 345 g/mol. The molecule has 0 spiro atoms. The molecule has 2 aliphatic rings. The molecule has 0 aliphatic carbocycles. The van der Waals surface area contributed by atoms with Crippen molar-refractivity contribution < 1.29 is 17.6 Å². The van der Waals surface area contributed by atoms with Crippen LogP contribution in [0.15, 0.2) is 23.1 Å². The summed E-state index contributed by atoms with van der Waals surface area (Å²) in [6, 6.07) is 3.55. The van der Waals surface area contributed by atoms with Crippen molar-refractivity contribution in [1.82, 2.24) is 9.21 Å². The molecule has 1 aromatic rings. The molecule has 6 nitrogen and oxygen atoms in total. The number of likely N-dealkylation sites (tertiary alicyclic amines) is 1. The van der Waals surface area contributed by atoms with Crippen molar-refractivity contribution in [3.8, 4) is 0 Å². The minimum atomic E-state index is -3.79. The van der Waals surface area contributed by atoms with Gasteiger partial charge in [-0.1, -0.05) is 6.92 Å². The highest BCUT2D eigenvalue weighted by molar-refractivity contribution is 7.89. The number of halogens is 1. The lowest BCUT2D eigenvalue weighted by Crippen LogP contribution is -2.34. The van der Waals surface area contributed by atoms with Crippen molar-refractivity contribution in [2.45, 2.75) is 31.1 Å². The monoisotopic (exact) mass is 369 g/mol. The van der Waals surface area contributed by atoms with E-state index in [4.69, 9.17) is 5.73 Å². The number of carbonyl (C=O) groups is 1. The first-order valence-electron chi connectivity index (χ1n) is 8.56. The number of benzene rings is 1. The molecule has 0 saturated carbocycles. The van der Waals surface area contributed by atoms with Crippen LogP contribution in [-0.2, 0) is 10.0 Å². The van der Waals surface area contributed by atoms with Crippen molar-refractivity contribution in [1.29, 1.82) is 0 Å². The first-order valence-corrected chi connectivity index (χ1v) is 10.00. The summed E-state index contributed by atoms with van der Waals surface area (Å²) in [5.41, 5.74) is 5.40. The molecule has 3 rings (SSSR count). The van der Waals surface area contributed by atoms with Crippen LogP contribution in [0.3, 0.4) is 0 Å². The Bertz CT molecular complexity index is 777. The highest BCUT2D eigenvalue weighted by Crippen LogP contribution is 2.33. The van der Waals surface area contributed by atoms with Gasteiger partial charge in [0.15, 0.2) is 0 Å². The molecule has 1 aromatic carbocycles. The number of hydrogen-bond donors (Lipinski definition) is 1. The van der Waals surface area contributed by atoms with Crippen molar-refractivity contribution in [3.63, 3.8) is 0 Å². The third-order valence-corrected chi connectivity index (χ3v) is 7.06. The summed E-state index contributed by atoms with van der Waals surface area (Å²) >= 11 is 0. The summed E-state index contributed by atoms with van der Waals surface area (Å²) in [5.74, 6) is -1.17. The average Bonchev–Trinajstić information content (AvgIpc) is 3.24. The number of hydrogen-bond acceptors (Lipinski definition) is 4. The van der Waals surface area contributed by atoms with E-state index in [-0.39, 0.29) is 21.8 Å². The molecule has 1 amide bonds. The molecule has 0 aromatic heterocycles. The van der Waals surface area contributed by atoms with Gasteiger partial charge in [0.05, 0.1) is 10.5 Å². The Labute approximate surface area is 147 Å². The lowest BCUT2D eigenvalue weighted by atomic mass is 9.90. The molecule has 1 atom stereocenters. The third-order valence-electron chi connectivity index (χ3n) is 5.22. The van der Waals surface area contributed by atoms with Gasteiger partial charge in [0, 0.05) is 26.2 Å². The Morgan fingerprint density at radius 3 is 2.52 bits per heavy atom. The van der Waals surface area contributed by atoms with Crippen molar-refractivity contribution in [2.24, 2.45) is 11.1 Å². The van der Waals surface area contributed by atoms with Gasteiger partial charge in [-0.25, -0.2) is 12.8 Å². The summed E-state index contributed by atoms with van der Waals surface area (Å²) in [6.07, 6.45) is 2.50. The Kier molecular flexibility index (Phi) is 4.87. The van der Waals surface area contributed by atoms with Crippen molar-refractivity contribution in [2.75, 3.05) is 32.7 Å². The van der Waals surface area contributed by atoms with Crippen molar-refractivity contribution >= 4 is 15.9 Å². The van der Waals surface area contributed by atoms with E-state index in [0.29, 0.717) is 39.1 Å². The van der Waals surface area contributed by atoms with Crippen LogP contribution in [0.1, 0.15) is 36.5 Å². The van der Waals surface area contributed by atoms with E-state index in [2.05, 4.69) is 0 Å². The maximum Gasteiger partial charge on any atom is 0.256 e. The molecule has 8 heteroatoms. The van der Waals surface area contributed by atoms with Crippen LogP contribution in [0.5, 0.6) is 0 Å². The summed E-state index contributed by atoms with van der Waals surface area (Å²) in [4.78, 5) is 13.8. The second kappa shape index (κ2) is 6.66. The van der Waals surface area contributed by atoms with E-state index in [1.54, 1.807) is 4.90 Å². The largest absolute Gasteiger partial charge is 0.339 e. The second-order valence-electron chi connectivity index (χ2n) is 7.24. The number of nitrogens with two attached hydrogens (primary N) is 1. The quantitative estimate of drug-likeness (QED) is 0.870. The molecule has 2 fully saturated rings. The number of nitrogens with zero attached hydrogens (tertiary/aromatic N) is 2. The molecule has 2 N–H and O–H groups in total. The minimum Gasteiger partial charge on any atom is -0.339 e. The molecule has 25 heavy (non-hydrogen) atoms. The van der Waals surface area contributed by atoms with E-state index in [1.165, 1.54) is 16.4 Å². The Morgan fingerprint density at radius 1 is 1.28 bits per heavy atom. The Hall–Kier alpha value is -1.51. The predicted molar refractivity (Wildman–Crippen MR) is 92.1 cm³/mol. The minimum absolute atomic E-state index is 0.0749. The fourth-order valence-corrected chi connectivity index (χ4v) is 5.02. The Morgan fingerprint density at radius 2 is 1.96 bits per heavy atom. The third kappa shape index (κ3) is 3.43. The molecular formula is C17H24FN3O3S. The maximum absolute atomic E-state index is 14.4. The van der Waals surface area contributed by atoms with E-state index in [1.807, 2.05) is 6.92 Å². The summed E-state index contributed by atoms with van der Waals surface area (Å²) in [5, 5.41) is 0. The van der Waals surface area contributed by atoms with Gasteiger partial charge in [-0.3, -0.25) is 4.79 Å². The van der Waals surface area contributed by atoms with Gasteiger partial charge in [0.1, 0.15) is 5.82 Å². The lowest BCUT2D eigenvalue weighted by molar-refractivity contribution is 0.0788. The van der Waals surface area contributed by atoms with Crippen LogP contribution in [0.25, 0.3) is 0 Å². The van der Waals surface area contributed by atoms with E-state index >= 15 is 0 Å². The zero-order valence-corrected chi connectivity index (χ0v) is 15.2. The number of amides is 1. The van der Waals surface area contributed by atoms with Gasteiger partial charge in [-0.2, -0.15) is 4.31 Å². The highest BCUT2D eigenvalue weighted by Gasteiger charge is 2.39. The molecule has 0 radical (unpaired) electrons. The first-order chi connectivity index (χ1) is 11.8. The fraction of sp³-hybridized carbons (Fsp3) is 0.588. The fourth-order valence-electron chi connectivity index (χ4n) is 3.42. The Balaban J connectivity index is 1.83. The van der Waals surface area contributed by atoms with Crippen LogP contribution in [-0.4, -0.2) is 56.3 Å². The molecule has 0 bridgehead atoms. The van der Waals surface area contributed by atoms with Gasteiger partial charge in [-0.15, -0.1) is 0 Å². The van der Waals surface area contributed by atoms with Crippen LogP contribution >= 0.6 is 0 Å². The van der Waals surface area contributed by atoms with Crippen LogP contribution in [0, 0.1) is 11.2 Å². The van der Waals surface area contributed by atoms with Crippen LogP contribution in [0.2, 0.25) is 0 Å². The van der Waals surface area contributed by atoms with Gasteiger partial charge >= 0.3 is 0 Å². The van der Waals surface area contributed by atoms with Gasteiger partial charge < -0.3 is 10.6 Å². The lowest BCUT2D eigenvalue weighted by Gasteiger charge is -2.22. The molecule has 2 aliphatic heterocycles. The molecule has 2 saturated heterocycles. The topological polar surface area (TPSA) is 83.7 Å². The molecule has 2 heterocycles. The van der Waals surface area contributed by atoms with Crippen molar-refractivity contribution in [3.05, 3.63) is 29.6 Å². The van der Waals surface area contributed by atoms with E-state index in [9.17, 15) is 17.6 Å². The number of sulfonamides is 1. The summed E-state index contributed by atoms with van der Waals surface area (Å²) in [7, 11) is -3.79. The van der Waals surface area contributed by atoms with Gasteiger partial charge in [0.2, 0.25) is 10.0 Å². The summed E-state index contributed by atoms with van der Waals surface area (Å²) in [6.45, 7) is 4.26. The highest BCUT2D eigenvalue weighted by atomic mass is 32.2. The SMILES string of the molecule is CC1(CN)CCN(S(=O)(=O)c2ccc(C(=O)N3CCCC3)c(F)c2)C1. The van der Waals surface area contributed by atoms with Gasteiger partial charge in [-0.05, 0) is 49.4 Å². The zero-order valence-electron chi connectivity index (χ0n) is 14.4. The zero-order chi connectivity index (χ0) is 18.2. The van der Waals surface area contributed by atoms with E-state index < -0.39 is 15.8 Å². The molecule has 138 valence electrons. The smallest absolute Gasteiger partial charge is 0.256 e. The van der Waals surface area contributed by atoms with E-state index in [0.717, 1.165) is 18.9 Å². The molecule has 1 unspecified atom stereocenters. The number of rotatable bonds is 4. The summed E-state index contributed by atoms with van der Waals surface area (Å²) < 4.78 is 41.3. The maximum atomic E-state index is 14.4. The second-order valence-corrected chi connectivity index (χ2v) is 9.18. The number of carbonyl (C=O) groups excluding carboxylic acids is 1.